The third-order valence-electron chi connectivity index (χ3n) is 3.46. The van der Waals surface area contributed by atoms with E-state index in [9.17, 15) is 8.42 Å². The molecule has 0 spiro atoms. The van der Waals surface area contributed by atoms with Crippen molar-refractivity contribution in [3.8, 4) is 0 Å². The Hall–Kier alpha value is -1.18. The number of nitrogens with zero attached hydrogens (tertiary/aromatic N) is 2. The summed E-state index contributed by atoms with van der Waals surface area (Å²) in [6.07, 6.45) is 0.680. The van der Waals surface area contributed by atoms with E-state index in [1.165, 1.54) is 0 Å². The summed E-state index contributed by atoms with van der Waals surface area (Å²) in [6.45, 7) is 6.91. The van der Waals surface area contributed by atoms with Crippen LogP contribution in [0.1, 0.15) is 23.4 Å². The van der Waals surface area contributed by atoms with Gasteiger partial charge in [0.25, 0.3) is 0 Å². The molecule has 0 saturated carbocycles. The number of rotatable bonds is 6. The van der Waals surface area contributed by atoms with Crippen LogP contribution in [0, 0.1) is 20.8 Å². The van der Waals surface area contributed by atoms with Crippen LogP contribution in [0.4, 0.5) is 0 Å². The fourth-order valence-corrected chi connectivity index (χ4v) is 3.49. The summed E-state index contributed by atoms with van der Waals surface area (Å²) in [5.41, 5.74) is 3.03. The Labute approximate surface area is 139 Å². The van der Waals surface area contributed by atoms with E-state index >= 15 is 0 Å². The first-order valence-electron chi connectivity index (χ1n) is 7.07. The molecule has 1 N–H and O–H groups in total. The molecule has 0 bridgehead atoms. The van der Waals surface area contributed by atoms with Crippen LogP contribution in [0.5, 0.6) is 0 Å². The third-order valence-corrected chi connectivity index (χ3v) is 6.09. The molecular formula is C15H20BrN3O2S. The van der Waals surface area contributed by atoms with E-state index < -0.39 is 10.0 Å². The standard InChI is InChI=1S/C15H20BrN3O2S/c1-11-5-7-14(8-6-11)22(20,21)17-9-4-10-19-13(3)15(16)12(2)18-19/h5-8,17H,4,9-10H2,1-3H3. The molecule has 5 nitrogen and oxygen atoms in total. The Morgan fingerprint density at radius 1 is 1.18 bits per heavy atom. The number of sulfonamides is 1. The van der Waals surface area contributed by atoms with E-state index in [0.717, 1.165) is 21.4 Å². The van der Waals surface area contributed by atoms with Gasteiger partial charge in [0.2, 0.25) is 10.0 Å². The quantitative estimate of drug-likeness (QED) is 0.777. The van der Waals surface area contributed by atoms with Crippen molar-refractivity contribution in [3.63, 3.8) is 0 Å². The van der Waals surface area contributed by atoms with Crippen molar-refractivity contribution < 1.29 is 8.42 Å². The molecule has 0 aliphatic carbocycles. The summed E-state index contributed by atoms with van der Waals surface area (Å²) >= 11 is 3.48. The highest BCUT2D eigenvalue weighted by atomic mass is 79.9. The lowest BCUT2D eigenvalue weighted by Crippen LogP contribution is -2.25. The molecular weight excluding hydrogens is 366 g/mol. The van der Waals surface area contributed by atoms with E-state index in [0.29, 0.717) is 24.4 Å². The Bertz CT molecular complexity index is 752. The minimum absolute atomic E-state index is 0.298. The van der Waals surface area contributed by atoms with Crippen LogP contribution < -0.4 is 4.72 Å². The van der Waals surface area contributed by atoms with Crippen molar-refractivity contribution in [2.75, 3.05) is 6.54 Å². The SMILES string of the molecule is Cc1ccc(S(=O)(=O)NCCCn2nc(C)c(Br)c2C)cc1. The molecule has 0 radical (unpaired) electrons. The summed E-state index contributed by atoms with van der Waals surface area (Å²) in [6, 6.07) is 6.83. The van der Waals surface area contributed by atoms with Gasteiger partial charge in [-0.3, -0.25) is 4.68 Å². The van der Waals surface area contributed by atoms with Crippen molar-refractivity contribution in [1.29, 1.82) is 0 Å². The Balaban J connectivity index is 1.90. The first kappa shape index (κ1) is 17.2. The van der Waals surface area contributed by atoms with Gasteiger partial charge in [0.1, 0.15) is 0 Å². The minimum Gasteiger partial charge on any atom is -0.268 e. The van der Waals surface area contributed by atoms with Gasteiger partial charge < -0.3 is 0 Å². The zero-order chi connectivity index (χ0) is 16.3. The Morgan fingerprint density at radius 2 is 1.82 bits per heavy atom. The van der Waals surface area contributed by atoms with Gasteiger partial charge in [-0.25, -0.2) is 13.1 Å². The molecule has 1 heterocycles. The molecule has 0 fully saturated rings. The van der Waals surface area contributed by atoms with Gasteiger partial charge in [-0.15, -0.1) is 0 Å². The van der Waals surface area contributed by atoms with Gasteiger partial charge in [-0.2, -0.15) is 5.10 Å². The van der Waals surface area contributed by atoms with Gasteiger partial charge in [0.05, 0.1) is 15.1 Å². The van der Waals surface area contributed by atoms with Gasteiger partial charge >= 0.3 is 0 Å². The molecule has 0 atom stereocenters. The van der Waals surface area contributed by atoms with Crippen molar-refractivity contribution in [3.05, 3.63) is 45.7 Å². The highest BCUT2D eigenvalue weighted by Gasteiger charge is 2.13. The second kappa shape index (κ2) is 6.93. The second-order valence-electron chi connectivity index (χ2n) is 5.27. The largest absolute Gasteiger partial charge is 0.268 e. The minimum atomic E-state index is -3.43. The average Bonchev–Trinajstić information content (AvgIpc) is 2.71. The molecule has 2 aromatic rings. The third kappa shape index (κ3) is 3.97. The van der Waals surface area contributed by atoms with Crippen molar-refractivity contribution in [2.24, 2.45) is 0 Å². The molecule has 0 aliphatic rings. The summed E-state index contributed by atoms with van der Waals surface area (Å²) in [5.74, 6) is 0. The van der Waals surface area contributed by atoms with Crippen molar-refractivity contribution >= 4 is 26.0 Å². The monoisotopic (exact) mass is 385 g/mol. The molecule has 1 aromatic carbocycles. The van der Waals surface area contributed by atoms with Crippen molar-refractivity contribution in [1.82, 2.24) is 14.5 Å². The highest BCUT2D eigenvalue weighted by molar-refractivity contribution is 9.10. The van der Waals surface area contributed by atoms with Gasteiger partial charge in [-0.05, 0) is 55.3 Å². The summed E-state index contributed by atoms with van der Waals surface area (Å²) in [5, 5.41) is 4.40. The van der Waals surface area contributed by atoms with E-state index in [4.69, 9.17) is 0 Å². The molecule has 1 aromatic heterocycles. The number of aryl methyl sites for hydroxylation is 3. The fourth-order valence-electron chi connectivity index (χ4n) is 2.13. The van der Waals surface area contributed by atoms with E-state index in [2.05, 4.69) is 25.8 Å². The number of aromatic nitrogens is 2. The number of hydrogen-bond donors (Lipinski definition) is 1. The van der Waals surface area contributed by atoms with Crippen LogP contribution in [0.2, 0.25) is 0 Å². The maximum atomic E-state index is 12.1. The molecule has 0 aliphatic heterocycles. The molecule has 0 unspecified atom stereocenters. The predicted molar refractivity (Wildman–Crippen MR) is 90.4 cm³/mol. The Morgan fingerprint density at radius 3 is 2.36 bits per heavy atom. The van der Waals surface area contributed by atoms with E-state index in [1.807, 2.05) is 25.5 Å². The second-order valence-corrected chi connectivity index (χ2v) is 7.83. The van der Waals surface area contributed by atoms with Crippen LogP contribution in [0.25, 0.3) is 0 Å². The number of hydrogen-bond acceptors (Lipinski definition) is 3. The van der Waals surface area contributed by atoms with Crippen molar-refractivity contribution in [2.45, 2.75) is 38.6 Å². The summed E-state index contributed by atoms with van der Waals surface area (Å²) < 4.78 is 29.8. The highest BCUT2D eigenvalue weighted by Crippen LogP contribution is 2.19. The first-order chi connectivity index (χ1) is 10.3. The van der Waals surface area contributed by atoms with Gasteiger partial charge in [-0.1, -0.05) is 17.7 Å². The zero-order valence-corrected chi connectivity index (χ0v) is 15.3. The maximum absolute atomic E-state index is 12.1. The van der Waals surface area contributed by atoms with Gasteiger partial charge in [0, 0.05) is 18.8 Å². The summed E-state index contributed by atoms with van der Waals surface area (Å²) in [4.78, 5) is 0.298. The average molecular weight is 386 g/mol. The molecule has 0 saturated heterocycles. The van der Waals surface area contributed by atoms with E-state index in [-0.39, 0.29) is 0 Å². The fraction of sp³-hybridized carbons (Fsp3) is 0.400. The smallest absolute Gasteiger partial charge is 0.240 e. The number of halogens is 1. The lowest BCUT2D eigenvalue weighted by atomic mass is 10.2. The zero-order valence-electron chi connectivity index (χ0n) is 12.9. The molecule has 22 heavy (non-hydrogen) atoms. The molecule has 7 heteroatoms. The van der Waals surface area contributed by atoms with Crippen LogP contribution in [-0.4, -0.2) is 24.7 Å². The lowest BCUT2D eigenvalue weighted by Gasteiger charge is -2.08. The maximum Gasteiger partial charge on any atom is 0.240 e. The van der Waals surface area contributed by atoms with Crippen LogP contribution >= 0.6 is 15.9 Å². The first-order valence-corrected chi connectivity index (χ1v) is 9.35. The lowest BCUT2D eigenvalue weighted by molar-refractivity contribution is 0.544. The topological polar surface area (TPSA) is 64.0 Å². The molecule has 0 amide bonds. The molecule has 2 rings (SSSR count). The predicted octanol–water partition coefficient (Wildman–Crippen LogP) is 2.94. The van der Waals surface area contributed by atoms with Crippen LogP contribution in [0.3, 0.4) is 0 Å². The van der Waals surface area contributed by atoms with Gasteiger partial charge in [0.15, 0.2) is 0 Å². The number of benzene rings is 1. The molecule has 120 valence electrons. The number of nitrogens with one attached hydrogen (secondary N) is 1. The van der Waals surface area contributed by atoms with E-state index in [1.54, 1.807) is 24.3 Å². The Kier molecular flexibility index (Phi) is 5.41. The van der Waals surface area contributed by atoms with Crippen LogP contribution in [0.15, 0.2) is 33.6 Å². The van der Waals surface area contributed by atoms with Crippen LogP contribution in [-0.2, 0) is 16.6 Å². The normalized spacial score (nSPS) is 11.8. The summed E-state index contributed by atoms with van der Waals surface area (Å²) in [7, 11) is -3.43.